The second kappa shape index (κ2) is 5.26. The van der Waals surface area contributed by atoms with E-state index in [1.807, 2.05) is 0 Å². The van der Waals surface area contributed by atoms with Gasteiger partial charge in [-0.15, -0.1) is 0 Å². The number of aromatic nitrogens is 1. The van der Waals surface area contributed by atoms with Crippen molar-refractivity contribution in [2.75, 3.05) is 0 Å². The van der Waals surface area contributed by atoms with E-state index in [-0.39, 0.29) is 23.4 Å². The molecule has 1 amide bonds. The Kier molecular flexibility index (Phi) is 3.69. The Bertz CT molecular complexity index is 511. The second-order valence-electron chi connectivity index (χ2n) is 4.65. The minimum Gasteiger partial charge on any atom is -0.478 e. The lowest BCUT2D eigenvalue weighted by Crippen LogP contribution is -2.37. The van der Waals surface area contributed by atoms with Crippen LogP contribution < -0.4 is 10.1 Å². The molecule has 19 heavy (non-hydrogen) atoms. The standard InChI is InChI=1S/C13H16N2O4/c1-7-3-6-10(11(14-7)13(17)18)19-8(2)12(16)15-9-4-5-9/h3,6,8-9H,4-5H2,1-2H3,(H,15,16)(H,17,18). The van der Waals surface area contributed by atoms with E-state index in [0.717, 1.165) is 12.8 Å². The quantitative estimate of drug-likeness (QED) is 0.832. The molecule has 0 bridgehead atoms. The first kappa shape index (κ1) is 13.3. The van der Waals surface area contributed by atoms with Crippen LogP contribution in [0, 0.1) is 6.92 Å². The number of pyridine rings is 1. The minimum absolute atomic E-state index is 0.108. The van der Waals surface area contributed by atoms with Crippen molar-refractivity contribution in [1.82, 2.24) is 10.3 Å². The summed E-state index contributed by atoms with van der Waals surface area (Å²) in [6.07, 6.45) is 1.23. The van der Waals surface area contributed by atoms with Gasteiger partial charge < -0.3 is 15.2 Å². The van der Waals surface area contributed by atoms with Gasteiger partial charge in [-0.2, -0.15) is 0 Å². The molecular formula is C13H16N2O4. The fraction of sp³-hybridized carbons (Fsp3) is 0.462. The molecule has 0 aromatic carbocycles. The molecule has 1 saturated carbocycles. The van der Waals surface area contributed by atoms with Crippen LogP contribution >= 0.6 is 0 Å². The van der Waals surface area contributed by atoms with Crippen LogP contribution in [0.1, 0.15) is 35.9 Å². The van der Waals surface area contributed by atoms with Crippen LogP contribution in [-0.2, 0) is 4.79 Å². The van der Waals surface area contributed by atoms with Crippen molar-refractivity contribution in [3.05, 3.63) is 23.5 Å². The number of nitrogens with one attached hydrogen (secondary N) is 1. The summed E-state index contributed by atoms with van der Waals surface area (Å²) < 4.78 is 5.40. The molecule has 1 aromatic rings. The second-order valence-corrected chi connectivity index (χ2v) is 4.65. The summed E-state index contributed by atoms with van der Waals surface area (Å²) in [5, 5.41) is 11.9. The Balaban J connectivity index is 2.08. The van der Waals surface area contributed by atoms with Crippen LogP contribution in [0.5, 0.6) is 5.75 Å². The van der Waals surface area contributed by atoms with Gasteiger partial charge in [-0.05, 0) is 38.8 Å². The predicted molar refractivity (Wildman–Crippen MR) is 67.2 cm³/mol. The molecule has 0 spiro atoms. The predicted octanol–water partition coefficient (Wildman–Crippen LogP) is 1.13. The maximum atomic E-state index is 11.7. The van der Waals surface area contributed by atoms with Gasteiger partial charge in [-0.3, -0.25) is 4.79 Å². The van der Waals surface area contributed by atoms with E-state index in [0.29, 0.717) is 5.69 Å². The van der Waals surface area contributed by atoms with Crippen LogP contribution in [0.25, 0.3) is 0 Å². The summed E-state index contributed by atoms with van der Waals surface area (Å²) in [7, 11) is 0. The van der Waals surface area contributed by atoms with E-state index < -0.39 is 12.1 Å². The van der Waals surface area contributed by atoms with E-state index in [4.69, 9.17) is 9.84 Å². The van der Waals surface area contributed by atoms with E-state index in [1.54, 1.807) is 19.9 Å². The molecule has 6 heteroatoms. The molecule has 0 aliphatic heterocycles. The summed E-state index contributed by atoms with van der Waals surface area (Å²) in [5.74, 6) is -1.30. The number of aryl methyl sites for hydroxylation is 1. The minimum atomic E-state index is -1.17. The van der Waals surface area contributed by atoms with Gasteiger partial charge in [0, 0.05) is 11.7 Å². The number of ether oxygens (including phenoxy) is 1. The maximum Gasteiger partial charge on any atom is 0.358 e. The number of rotatable bonds is 5. The van der Waals surface area contributed by atoms with Gasteiger partial charge in [-0.1, -0.05) is 0 Å². The highest BCUT2D eigenvalue weighted by molar-refractivity contribution is 5.89. The average molecular weight is 264 g/mol. The van der Waals surface area contributed by atoms with Gasteiger partial charge in [0.25, 0.3) is 5.91 Å². The number of hydrogen-bond donors (Lipinski definition) is 2. The average Bonchev–Trinajstić information content (AvgIpc) is 3.14. The highest BCUT2D eigenvalue weighted by Gasteiger charge is 2.27. The van der Waals surface area contributed by atoms with Gasteiger partial charge in [-0.25, -0.2) is 9.78 Å². The number of nitrogens with zero attached hydrogens (tertiary/aromatic N) is 1. The molecule has 1 aliphatic rings. The molecule has 1 unspecified atom stereocenters. The highest BCUT2D eigenvalue weighted by Crippen LogP contribution is 2.21. The molecule has 2 N–H and O–H groups in total. The molecule has 1 heterocycles. The lowest BCUT2D eigenvalue weighted by Gasteiger charge is -2.15. The molecule has 1 fully saturated rings. The Labute approximate surface area is 110 Å². The first-order valence-electron chi connectivity index (χ1n) is 6.15. The van der Waals surface area contributed by atoms with Crippen molar-refractivity contribution in [3.8, 4) is 5.75 Å². The molecule has 1 atom stereocenters. The number of hydrogen-bond acceptors (Lipinski definition) is 4. The lowest BCUT2D eigenvalue weighted by molar-refractivity contribution is -0.127. The van der Waals surface area contributed by atoms with Crippen LogP contribution in [0.2, 0.25) is 0 Å². The number of carboxylic acids is 1. The van der Waals surface area contributed by atoms with E-state index in [2.05, 4.69) is 10.3 Å². The SMILES string of the molecule is Cc1ccc(OC(C)C(=O)NC2CC2)c(C(=O)O)n1. The van der Waals surface area contributed by atoms with E-state index in [1.165, 1.54) is 6.07 Å². The van der Waals surface area contributed by atoms with Crippen molar-refractivity contribution < 1.29 is 19.4 Å². The van der Waals surface area contributed by atoms with Crippen molar-refractivity contribution >= 4 is 11.9 Å². The molecular weight excluding hydrogens is 248 g/mol. The summed E-state index contributed by atoms with van der Waals surface area (Å²) in [4.78, 5) is 26.7. The normalized spacial score (nSPS) is 15.7. The topological polar surface area (TPSA) is 88.5 Å². The van der Waals surface area contributed by atoms with E-state index >= 15 is 0 Å². The zero-order chi connectivity index (χ0) is 14.0. The van der Waals surface area contributed by atoms with Crippen LogP contribution in [0.15, 0.2) is 12.1 Å². The number of amides is 1. The maximum absolute atomic E-state index is 11.7. The summed E-state index contributed by atoms with van der Waals surface area (Å²) in [6.45, 7) is 3.28. The van der Waals surface area contributed by atoms with Crippen molar-refractivity contribution in [1.29, 1.82) is 0 Å². The largest absolute Gasteiger partial charge is 0.478 e. The smallest absolute Gasteiger partial charge is 0.358 e. The molecule has 1 aliphatic carbocycles. The summed E-state index contributed by atoms with van der Waals surface area (Å²) in [6, 6.07) is 3.41. The Morgan fingerprint density at radius 1 is 1.47 bits per heavy atom. The van der Waals surface area contributed by atoms with Gasteiger partial charge in [0.1, 0.15) is 0 Å². The molecule has 1 aromatic heterocycles. The van der Waals surface area contributed by atoms with E-state index in [9.17, 15) is 9.59 Å². The fourth-order valence-corrected chi connectivity index (χ4v) is 1.58. The van der Waals surface area contributed by atoms with Gasteiger partial charge in [0.05, 0.1) is 0 Å². The monoisotopic (exact) mass is 264 g/mol. The third-order valence-electron chi connectivity index (χ3n) is 2.80. The van der Waals surface area contributed by atoms with Gasteiger partial charge in [0.15, 0.2) is 17.5 Å². The molecule has 0 saturated heterocycles. The van der Waals surface area contributed by atoms with Crippen molar-refractivity contribution in [2.45, 2.75) is 38.8 Å². The molecule has 0 radical (unpaired) electrons. The Morgan fingerprint density at radius 2 is 2.16 bits per heavy atom. The third-order valence-corrected chi connectivity index (χ3v) is 2.80. The first-order valence-corrected chi connectivity index (χ1v) is 6.15. The molecule has 102 valence electrons. The number of carbonyl (C=O) groups is 2. The number of carboxylic acid groups (broad SMARTS) is 1. The molecule has 6 nitrogen and oxygen atoms in total. The van der Waals surface area contributed by atoms with Crippen molar-refractivity contribution in [3.63, 3.8) is 0 Å². The number of aromatic carboxylic acids is 1. The van der Waals surface area contributed by atoms with Crippen molar-refractivity contribution in [2.24, 2.45) is 0 Å². The first-order chi connectivity index (χ1) is 8.97. The van der Waals surface area contributed by atoms with Gasteiger partial charge in [0.2, 0.25) is 0 Å². The van der Waals surface area contributed by atoms with Crippen LogP contribution in [0.3, 0.4) is 0 Å². The lowest BCUT2D eigenvalue weighted by atomic mass is 10.2. The summed E-state index contributed by atoms with van der Waals surface area (Å²) in [5.41, 5.74) is 0.408. The zero-order valence-corrected chi connectivity index (χ0v) is 10.8. The van der Waals surface area contributed by atoms with Crippen LogP contribution in [0.4, 0.5) is 0 Å². The fourth-order valence-electron chi connectivity index (χ4n) is 1.58. The number of carbonyl (C=O) groups excluding carboxylic acids is 1. The highest BCUT2D eigenvalue weighted by atomic mass is 16.5. The van der Waals surface area contributed by atoms with Gasteiger partial charge >= 0.3 is 5.97 Å². The zero-order valence-electron chi connectivity index (χ0n) is 10.8. The Hall–Kier alpha value is -2.11. The summed E-state index contributed by atoms with van der Waals surface area (Å²) >= 11 is 0. The van der Waals surface area contributed by atoms with Crippen LogP contribution in [-0.4, -0.2) is 34.1 Å². The molecule has 2 rings (SSSR count). The third kappa shape index (κ3) is 3.43. The Morgan fingerprint density at radius 3 is 2.74 bits per heavy atom.